The number of anilines is 2. The Morgan fingerprint density at radius 1 is 1.44 bits per heavy atom. The lowest BCUT2D eigenvalue weighted by atomic mass is 10.2. The van der Waals surface area contributed by atoms with Crippen LogP contribution in [0.3, 0.4) is 0 Å². The van der Waals surface area contributed by atoms with E-state index in [1.165, 1.54) is 25.7 Å². The third kappa shape index (κ3) is 2.64. The van der Waals surface area contributed by atoms with Gasteiger partial charge in [-0.1, -0.05) is 0 Å². The van der Waals surface area contributed by atoms with E-state index in [0.29, 0.717) is 17.6 Å². The summed E-state index contributed by atoms with van der Waals surface area (Å²) in [6.07, 6.45) is 4.04. The highest BCUT2D eigenvalue weighted by Gasteiger charge is 2.21. The first kappa shape index (κ1) is 12.9. The van der Waals surface area contributed by atoms with Crippen molar-refractivity contribution >= 4 is 11.6 Å². The van der Waals surface area contributed by atoms with E-state index in [0.717, 1.165) is 12.4 Å². The van der Waals surface area contributed by atoms with Gasteiger partial charge in [-0.25, -0.2) is 9.97 Å². The standard InChI is InChI=1S/C12H21N5O/c1-13-11-10(18-3)12(16-8-15-11)14-7-9-5-4-6-17(9)2/h8-9H,4-7H2,1-3H3,(H2,13,14,15,16). The normalized spacial score (nSPS) is 19.8. The van der Waals surface area contributed by atoms with Crippen LogP contribution >= 0.6 is 0 Å². The lowest BCUT2D eigenvalue weighted by Crippen LogP contribution is -2.31. The summed E-state index contributed by atoms with van der Waals surface area (Å²) in [5, 5.41) is 6.35. The van der Waals surface area contributed by atoms with Crippen molar-refractivity contribution in [2.24, 2.45) is 0 Å². The van der Waals surface area contributed by atoms with Gasteiger partial charge in [-0.05, 0) is 26.4 Å². The van der Waals surface area contributed by atoms with Crippen molar-refractivity contribution in [3.05, 3.63) is 6.33 Å². The summed E-state index contributed by atoms with van der Waals surface area (Å²) in [5.74, 6) is 2.12. The average molecular weight is 251 g/mol. The van der Waals surface area contributed by atoms with E-state index in [4.69, 9.17) is 4.74 Å². The molecular weight excluding hydrogens is 230 g/mol. The van der Waals surface area contributed by atoms with Crippen LogP contribution in [0.15, 0.2) is 6.33 Å². The first-order chi connectivity index (χ1) is 8.76. The second kappa shape index (κ2) is 5.86. The highest BCUT2D eigenvalue weighted by atomic mass is 16.5. The van der Waals surface area contributed by atoms with Crippen molar-refractivity contribution in [3.8, 4) is 5.75 Å². The monoisotopic (exact) mass is 251 g/mol. The number of hydrogen-bond donors (Lipinski definition) is 2. The maximum absolute atomic E-state index is 5.35. The van der Waals surface area contributed by atoms with Crippen LogP contribution in [0.4, 0.5) is 11.6 Å². The van der Waals surface area contributed by atoms with Crippen LogP contribution in [0.2, 0.25) is 0 Å². The van der Waals surface area contributed by atoms with Crippen LogP contribution in [-0.4, -0.2) is 55.2 Å². The first-order valence-corrected chi connectivity index (χ1v) is 6.27. The summed E-state index contributed by atoms with van der Waals surface area (Å²) < 4.78 is 5.35. The number of aromatic nitrogens is 2. The van der Waals surface area contributed by atoms with Crippen LogP contribution in [0.25, 0.3) is 0 Å². The van der Waals surface area contributed by atoms with Gasteiger partial charge in [0.15, 0.2) is 11.6 Å². The molecule has 1 aromatic heterocycles. The van der Waals surface area contributed by atoms with Crippen molar-refractivity contribution in [1.29, 1.82) is 0 Å². The molecule has 2 N–H and O–H groups in total. The fourth-order valence-electron chi connectivity index (χ4n) is 2.32. The molecule has 0 radical (unpaired) electrons. The first-order valence-electron chi connectivity index (χ1n) is 6.27. The maximum atomic E-state index is 5.35. The van der Waals surface area contributed by atoms with Gasteiger partial charge in [0.1, 0.15) is 6.33 Å². The minimum atomic E-state index is 0.572. The molecule has 1 saturated heterocycles. The smallest absolute Gasteiger partial charge is 0.204 e. The Morgan fingerprint density at radius 3 is 2.83 bits per heavy atom. The van der Waals surface area contributed by atoms with E-state index >= 15 is 0 Å². The molecule has 1 aliphatic heterocycles. The van der Waals surface area contributed by atoms with E-state index in [1.807, 2.05) is 7.05 Å². The molecule has 0 spiro atoms. The molecule has 0 amide bonds. The zero-order valence-corrected chi connectivity index (χ0v) is 11.2. The Labute approximate surface area is 108 Å². The number of nitrogens with zero attached hydrogens (tertiary/aromatic N) is 3. The van der Waals surface area contributed by atoms with Crippen LogP contribution in [0.1, 0.15) is 12.8 Å². The molecule has 0 aromatic carbocycles. The predicted octanol–water partition coefficient (Wildman–Crippen LogP) is 1.03. The summed E-state index contributed by atoms with van der Waals surface area (Å²) in [6, 6.07) is 0.572. The van der Waals surface area contributed by atoms with Gasteiger partial charge in [-0.15, -0.1) is 0 Å². The Hall–Kier alpha value is -1.56. The Bertz CT molecular complexity index is 398. The SMILES string of the molecule is CNc1ncnc(NCC2CCCN2C)c1OC. The molecule has 2 heterocycles. The Morgan fingerprint density at radius 2 is 2.22 bits per heavy atom. The lowest BCUT2D eigenvalue weighted by molar-refractivity contribution is 0.321. The third-order valence-corrected chi connectivity index (χ3v) is 3.42. The molecule has 100 valence electrons. The van der Waals surface area contributed by atoms with E-state index in [9.17, 15) is 0 Å². The Kier molecular flexibility index (Phi) is 4.19. The number of likely N-dealkylation sites (tertiary alicyclic amines) is 1. The van der Waals surface area contributed by atoms with Crippen molar-refractivity contribution in [2.75, 3.05) is 44.9 Å². The van der Waals surface area contributed by atoms with Gasteiger partial charge < -0.3 is 20.3 Å². The topological polar surface area (TPSA) is 62.3 Å². The number of ether oxygens (including phenoxy) is 1. The van der Waals surface area contributed by atoms with Crippen molar-refractivity contribution in [2.45, 2.75) is 18.9 Å². The van der Waals surface area contributed by atoms with Crippen molar-refractivity contribution in [3.63, 3.8) is 0 Å². The van der Waals surface area contributed by atoms with Crippen LogP contribution in [0, 0.1) is 0 Å². The largest absolute Gasteiger partial charge is 0.490 e. The minimum absolute atomic E-state index is 0.572. The molecule has 2 rings (SSSR count). The summed E-state index contributed by atoms with van der Waals surface area (Å²) in [4.78, 5) is 10.7. The highest BCUT2D eigenvalue weighted by molar-refractivity contribution is 5.63. The molecule has 1 aromatic rings. The van der Waals surface area contributed by atoms with E-state index in [1.54, 1.807) is 7.11 Å². The molecule has 0 saturated carbocycles. The zero-order valence-electron chi connectivity index (χ0n) is 11.2. The van der Waals surface area contributed by atoms with Gasteiger partial charge in [0.2, 0.25) is 5.75 Å². The minimum Gasteiger partial charge on any atom is -0.490 e. The molecule has 1 fully saturated rings. The van der Waals surface area contributed by atoms with E-state index in [2.05, 4.69) is 32.5 Å². The fraction of sp³-hybridized carbons (Fsp3) is 0.667. The number of methoxy groups -OCH3 is 1. The maximum Gasteiger partial charge on any atom is 0.204 e. The predicted molar refractivity (Wildman–Crippen MR) is 72.3 cm³/mol. The number of rotatable bonds is 5. The lowest BCUT2D eigenvalue weighted by Gasteiger charge is -2.20. The van der Waals surface area contributed by atoms with Crippen molar-refractivity contribution < 1.29 is 4.74 Å². The molecule has 1 atom stereocenters. The quantitative estimate of drug-likeness (QED) is 0.815. The third-order valence-electron chi connectivity index (χ3n) is 3.42. The zero-order chi connectivity index (χ0) is 13.0. The fourth-order valence-corrected chi connectivity index (χ4v) is 2.32. The summed E-state index contributed by atoms with van der Waals surface area (Å²) >= 11 is 0. The van der Waals surface area contributed by atoms with E-state index in [-0.39, 0.29) is 0 Å². The van der Waals surface area contributed by atoms with E-state index < -0.39 is 0 Å². The van der Waals surface area contributed by atoms with Gasteiger partial charge in [0.05, 0.1) is 7.11 Å². The molecular formula is C12H21N5O. The van der Waals surface area contributed by atoms with Gasteiger partial charge in [-0.3, -0.25) is 0 Å². The van der Waals surface area contributed by atoms with Crippen molar-refractivity contribution in [1.82, 2.24) is 14.9 Å². The van der Waals surface area contributed by atoms with Crippen LogP contribution in [-0.2, 0) is 0 Å². The second-order valence-corrected chi connectivity index (χ2v) is 4.51. The molecule has 6 heteroatoms. The number of nitrogens with one attached hydrogen (secondary N) is 2. The van der Waals surface area contributed by atoms with Crippen LogP contribution in [0.5, 0.6) is 5.75 Å². The molecule has 0 aliphatic carbocycles. The Balaban J connectivity index is 2.04. The summed E-state index contributed by atoms with van der Waals surface area (Å²) in [6.45, 7) is 2.06. The van der Waals surface area contributed by atoms with Gasteiger partial charge in [0.25, 0.3) is 0 Å². The molecule has 18 heavy (non-hydrogen) atoms. The number of hydrogen-bond acceptors (Lipinski definition) is 6. The number of likely N-dealkylation sites (N-methyl/N-ethyl adjacent to an activating group) is 1. The van der Waals surface area contributed by atoms with Gasteiger partial charge in [-0.2, -0.15) is 0 Å². The second-order valence-electron chi connectivity index (χ2n) is 4.51. The molecule has 6 nitrogen and oxygen atoms in total. The molecule has 0 bridgehead atoms. The molecule has 1 aliphatic rings. The summed E-state index contributed by atoms with van der Waals surface area (Å²) in [5.41, 5.74) is 0. The van der Waals surface area contributed by atoms with Crippen LogP contribution < -0.4 is 15.4 Å². The van der Waals surface area contributed by atoms with Gasteiger partial charge in [0, 0.05) is 19.6 Å². The van der Waals surface area contributed by atoms with Gasteiger partial charge >= 0.3 is 0 Å². The summed E-state index contributed by atoms with van der Waals surface area (Å²) in [7, 11) is 5.61. The highest BCUT2D eigenvalue weighted by Crippen LogP contribution is 2.28. The average Bonchev–Trinajstić information content (AvgIpc) is 2.81. The molecule has 1 unspecified atom stereocenters.